The van der Waals surface area contributed by atoms with Crippen LogP contribution in [-0.2, 0) is 19.5 Å². The number of carboxylic acid groups (broad SMARTS) is 1. The van der Waals surface area contributed by atoms with Gasteiger partial charge in [-0.15, -0.1) is 0 Å². The lowest BCUT2D eigenvalue weighted by molar-refractivity contribution is 0.0697. The van der Waals surface area contributed by atoms with Crippen molar-refractivity contribution in [2.75, 3.05) is 13.1 Å². The van der Waals surface area contributed by atoms with Gasteiger partial charge in [-0.1, -0.05) is 36.4 Å². The Morgan fingerprint density at radius 3 is 2.48 bits per heavy atom. The van der Waals surface area contributed by atoms with Crippen molar-refractivity contribution in [2.24, 2.45) is 0 Å². The molecule has 6 heteroatoms. The quantitative estimate of drug-likeness (QED) is 0.733. The topological polar surface area (TPSA) is 81.7 Å². The average molecular weight is 367 g/mol. The minimum absolute atomic E-state index is 0.221. The summed E-state index contributed by atoms with van der Waals surface area (Å²) in [5, 5.41) is 14.6. The summed E-state index contributed by atoms with van der Waals surface area (Å²) in [5.74, 6) is -0.957. The maximum Gasteiger partial charge on any atom is 0.335 e. The van der Waals surface area contributed by atoms with Gasteiger partial charge in [-0.2, -0.15) is 0 Å². The number of fused-ring (bicyclic) bond motifs is 1. The molecule has 2 aromatic rings. The molecule has 1 atom stereocenters. The highest BCUT2D eigenvalue weighted by molar-refractivity contribution is 5.87. The number of hydrogen-bond acceptors (Lipinski definition) is 3. The normalized spacial score (nSPS) is 14.9. The summed E-state index contributed by atoms with van der Waals surface area (Å²) in [6.07, 6.45) is 1.04. The summed E-state index contributed by atoms with van der Waals surface area (Å²) >= 11 is 0. The SMILES string of the molecule is CC(CNC(=O)NCc1ccc(C(=O)O)cc1)N1CCc2ccccc2C1. The summed E-state index contributed by atoms with van der Waals surface area (Å²) in [6, 6.07) is 15.0. The molecule has 3 rings (SSSR count). The first kappa shape index (κ1) is 18.9. The molecular weight excluding hydrogens is 342 g/mol. The lowest BCUT2D eigenvalue weighted by atomic mass is 9.99. The van der Waals surface area contributed by atoms with E-state index in [0.717, 1.165) is 25.1 Å². The molecule has 0 aromatic heterocycles. The van der Waals surface area contributed by atoms with Crippen LogP contribution in [0.2, 0.25) is 0 Å². The van der Waals surface area contributed by atoms with Crippen LogP contribution in [0.5, 0.6) is 0 Å². The molecule has 6 nitrogen and oxygen atoms in total. The lowest BCUT2D eigenvalue weighted by Crippen LogP contribution is -2.46. The Morgan fingerprint density at radius 1 is 1.07 bits per heavy atom. The Morgan fingerprint density at radius 2 is 1.78 bits per heavy atom. The minimum Gasteiger partial charge on any atom is -0.478 e. The molecule has 0 saturated heterocycles. The maximum atomic E-state index is 12.0. The van der Waals surface area contributed by atoms with Gasteiger partial charge in [-0.25, -0.2) is 9.59 Å². The van der Waals surface area contributed by atoms with Gasteiger partial charge in [0.1, 0.15) is 0 Å². The van der Waals surface area contributed by atoms with Gasteiger partial charge in [0.2, 0.25) is 0 Å². The summed E-state index contributed by atoms with van der Waals surface area (Å²) in [6.45, 7) is 4.97. The third kappa shape index (κ3) is 5.08. The summed E-state index contributed by atoms with van der Waals surface area (Å²) in [7, 11) is 0. The van der Waals surface area contributed by atoms with Gasteiger partial charge in [-0.3, -0.25) is 4.90 Å². The number of nitrogens with zero attached hydrogens (tertiary/aromatic N) is 1. The Hall–Kier alpha value is -2.86. The summed E-state index contributed by atoms with van der Waals surface area (Å²) in [4.78, 5) is 25.3. The highest BCUT2D eigenvalue weighted by Gasteiger charge is 2.20. The molecule has 3 N–H and O–H groups in total. The fraction of sp³-hybridized carbons (Fsp3) is 0.333. The van der Waals surface area contributed by atoms with Crippen LogP contribution in [0.15, 0.2) is 48.5 Å². The van der Waals surface area contributed by atoms with Gasteiger partial charge in [0, 0.05) is 32.2 Å². The molecule has 0 saturated carbocycles. The molecule has 0 aliphatic carbocycles. The maximum absolute atomic E-state index is 12.0. The fourth-order valence-electron chi connectivity index (χ4n) is 3.27. The number of carboxylic acids is 1. The van der Waals surface area contributed by atoms with Crippen LogP contribution in [-0.4, -0.2) is 41.1 Å². The number of hydrogen-bond donors (Lipinski definition) is 3. The van der Waals surface area contributed by atoms with E-state index < -0.39 is 5.97 Å². The zero-order chi connectivity index (χ0) is 19.2. The molecule has 1 heterocycles. The van der Waals surface area contributed by atoms with E-state index in [1.54, 1.807) is 12.1 Å². The first-order chi connectivity index (χ1) is 13.0. The molecule has 1 aliphatic heterocycles. The van der Waals surface area contributed by atoms with Gasteiger partial charge < -0.3 is 15.7 Å². The molecule has 0 spiro atoms. The van der Waals surface area contributed by atoms with E-state index in [1.165, 1.54) is 23.3 Å². The van der Waals surface area contributed by atoms with E-state index >= 15 is 0 Å². The number of amides is 2. The zero-order valence-corrected chi connectivity index (χ0v) is 15.4. The van der Waals surface area contributed by atoms with Crippen molar-refractivity contribution in [1.29, 1.82) is 0 Å². The minimum atomic E-state index is -0.957. The number of urea groups is 1. The zero-order valence-electron chi connectivity index (χ0n) is 15.4. The van der Waals surface area contributed by atoms with Gasteiger partial charge in [0.25, 0.3) is 0 Å². The number of rotatable bonds is 6. The molecule has 27 heavy (non-hydrogen) atoms. The number of carbonyl (C=O) groups is 2. The predicted molar refractivity (Wildman–Crippen MR) is 104 cm³/mol. The van der Waals surface area contributed by atoms with E-state index in [2.05, 4.69) is 46.7 Å². The summed E-state index contributed by atoms with van der Waals surface area (Å²) < 4.78 is 0. The standard InChI is InChI=1S/C21H25N3O3/c1-15(24-11-10-17-4-2-3-5-19(17)14-24)12-22-21(27)23-13-16-6-8-18(9-7-16)20(25)26/h2-9,15H,10-14H2,1H3,(H,25,26)(H2,22,23,27). The second-order valence-corrected chi connectivity index (χ2v) is 6.90. The van der Waals surface area contributed by atoms with Crippen molar-refractivity contribution < 1.29 is 14.7 Å². The second kappa shape index (κ2) is 8.68. The highest BCUT2D eigenvalue weighted by Crippen LogP contribution is 2.19. The summed E-state index contributed by atoms with van der Waals surface area (Å²) in [5.41, 5.74) is 3.88. The Labute approximate surface area is 159 Å². The molecule has 2 aromatic carbocycles. The van der Waals surface area contributed by atoms with Crippen LogP contribution in [0.4, 0.5) is 4.79 Å². The first-order valence-electron chi connectivity index (χ1n) is 9.17. The predicted octanol–water partition coefficient (Wildman–Crippen LogP) is 2.63. The number of benzene rings is 2. The third-order valence-electron chi connectivity index (χ3n) is 5.00. The Bertz CT molecular complexity index is 805. The van der Waals surface area contributed by atoms with Crippen molar-refractivity contribution >= 4 is 12.0 Å². The van der Waals surface area contributed by atoms with E-state index in [1.807, 2.05) is 0 Å². The van der Waals surface area contributed by atoms with Crippen LogP contribution >= 0.6 is 0 Å². The first-order valence-corrected chi connectivity index (χ1v) is 9.17. The number of aromatic carboxylic acids is 1. The van der Waals surface area contributed by atoms with Gasteiger partial charge in [-0.05, 0) is 42.2 Å². The third-order valence-corrected chi connectivity index (χ3v) is 5.00. The smallest absolute Gasteiger partial charge is 0.335 e. The molecule has 0 radical (unpaired) electrons. The van der Waals surface area contributed by atoms with Gasteiger partial charge in [0.15, 0.2) is 0 Å². The molecule has 142 valence electrons. The molecular formula is C21H25N3O3. The molecule has 2 amide bonds. The second-order valence-electron chi connectivity index (χ2n) is 6.90. The van der Waals surface area contributed by atoms with Crippen LogP contribution < -0.4 is 10.6 Å². The highest BCUT2D eigenvalue weighted by atomic mass is 16.4. The van der Waals surface area contributed by atoms with Crippen LogP contribution in [0, 0.1) is 0 Å². The number of nitrogens with one attached hydrogen (secondary N) is 2. The molecule has 1 aliphatic rings. The van der Waals surface area contributed by atoms with E-state index in [4.69, 9.17) is 5.11 Å². The monoisotopic (exact) mass is 367 g/mol. The fourth-order valence-corrected chi connectivity index (χ4v) is 3.27. The Balaban J connectivity index is 1.42. The molecule has 1 unspecified atom stereocenters. The van der Waals surface area contributed by atoms with Gasteiger partial charge >= 0.3 is 12.0 Å². The van der Waals surface area contributed by atoms with E-state index in [-0.39, 0.29) is 17.6 Å². The van der Waals surface area contributed by atoms with Crippen molar-refractivity contribution in [2.45, 2.75) is 32.5 Å². The van der Waals surface area contributed by atoms with Gasteiger partial charge in [0.05, 0.1) is 5.56 Å². The van der Waals surface area contributed by atoms with E-state index in [9.17, 15) is 9.59 Å². The molecule has 0 fully saturated rings. The van der Waals surface area contributed by atoms with Crippen molar-refractivity contribution in [1.82, 2.24) is 15.5 Å². The van der Waals surface area contributed by atoms with Crippen molar-refractivity contribution in [3.05, 3.63) is 70.8 Å². The van der Waals surface area contributed by atoms with E-state index in [0.29, 0.717) is 13.1 Å². The average Bonchev–Trinajstić information content (AvgIpc) is 2.70. The van der Waals surface area contributed by atoms with Crippen LogP contribution in [0.1, 0.15) is 34.0 Å². The largest absolute Gasteiger partial charge is 0.478 e. The van der Waals surface area contributed by atoms with Crippen molar-refractivity contribution in [3.8, 4) is 0 Å². The Kier molecular flexibility index (Phi) is 6.08. The van der Waals surface area contributed by atoms with Crippen molar-refractivity contribution in [3.63, 3.8) is 0 Å². The molecule has 0 bridgehead atoms. The lowest BCUT2D eigenvalue weighted by Gasteiger charge is -2.33. The van der Waals surface area contributed by atoms with Crippen LogP contribution in [0.25, 0.3) is 0 Å². The van der Waals surface area contributed by atoms with Crippen LogP contribution in [0.3, 0.4) is 0 Å². The number of carbonyl (C=O) groups excluding carboxylic acids is 1.